The molecule has 1 aliphatic carbocycles. The van der Waals surface area contributed by atoms with Crippen molar-refractivity contribution in [2.75, 3.05) is 20.4 Å². The Bertz CT molecular complexity index is 1800. The number of hydrogen-bond donors (Lipinski definition) is 1. The van der Waals surface area contributed by atoms with E-state index >= 15 is 0 Å². The molecule has 3 aliphatic heterocycles. The molecule has 7 rings (SSSR count). The molecule has 4 aliphatic rings. The predicted molar refractivity (Wildman–Crippen MR) is 169 cm³/mol. The predicted octanol–water partition coefficient (Wildman–Crippen LogP) is 4.08. The molecule has 2 unspecified atom stereocenters. The first-order valence-electron chi connectivity index (χ1n) is 15.6. The molecule has 3 aromatic carbocycles. The molecule has 0 fully saturated rings. The van der Waals surface area contributed by atoms with Gasteiger partial charge in [-0.1, -0.05) is 63.2 Å². The van der Waals surface area contributed by atoms with Crippen molar-refractivity contribution in [3.63, 3.8) is 0 Å². The zero-order valence-corrected chi connectivity index (χ0v) is 27.5. The standard InChI is InChI=1S/C38H36F3NO4.ClH/c1-37(2,3)26-9-7-24(8-10-26)21-44-36-31-20-42-16-15-25-18-33-34(46-22-45-33)19-29(25)35(42)30(28(31)13-14-32(36)43-4)17-23-5-11-27(12-6-23)38(39,40)41;/h5-14,18-20,36H,15-17,21-22H2,1-4H3;1H. The van der Waals surface area contributed by atoms with Gasteiger partial charge in [-0.3, -0.25) is 4.90 Å². The van der Waals surface area contributed by atoms with Crippen LogP contribution in [0.3, 0.4) is 0 Å². The van der Waals surface area contributed by atoms with Gasteiger partial charge in [0.25, 0.3) is 0 Å². The van der Waals surface area contributed by atoms with E-state index in [-0.39, 0.29) is 24.6 Å². The summed E-state index contributed by atoms with van der Waals surface area (Å²) in [6.07, 6.45) is 2.67. The minimum atomic E-state index is -4.39. The lowest BCUT2D eigenvalue weighted by Gasteiger charge is -2.36. The molecule has 0 bridgehead atoms. The molecule has 0 amide bonds. The van der Waals surface area contributed by atoms with Gasteiger partial charge in [0, 0.05) is 29.6 Å². The van der Waals surface area contributed by atoms with Gasteiger partial charge in [0.2, 0.25) is 6.79 Å². The molecule has 246 valence electrons. The number of fused-ring (bicyclic) bond motifs is 5. The van der Waals surface area contributed by atoms with Crippen LogP contribution in [0.2, 0.25) is 0 Å². The number of alkyl halides is 3. The van der Waals surface area contributed by atoms with Crippen molar-refractivity contribution in [3.05, 3.63) is 135 Å². The molecule has 3 heterocycles. The monoisotopic (exact) mass is 663 g/mol. The topological polar surface area (TPSA) is 41.4 Å². The molecule has 9 heteroatoms. The molecule has 0 spiro atoms. The molecule has 0 radical (unpaired) electrons. The Morgan fingerprint density at radius 1 is 0.872 bits per heavy atom. The normalized spacial score (nSPS) is 19.9. The zero-order chi connectivity index (χ0) is 32.2. The molecule has 0 aromatic heterocycles. The summed E-state index contributed by atoms with van der Waals surface area (Å²) >= 11 is 0. The van der Waals surface area contributed by atoms with Gasteiger partial charge in [-0.25, -0.2) is 0 Å². The van der Waals surface area contributed by atoms with Crippen molar-refractivity contribution in [2.45, 2.75) is 57.9 Å². The van der Waals surface area contributed by atoms with Gasteiger partial charge in [-0.05, 0) is 63.6 Å². The van der Waals surface area contributed by atoms with Crippen molar-refractivity contribution in [1.82, 2.24) is 0 Å². The number of methoxy groups -OCH3 is 1. The van der Waals surface area contributed by atoms with Crippen molar-refractivity contribution in [3.8, 4) is 11.5 Å². The number of rotatable bonds is 6. The number of nitrogens with one attached hydrogen (secondary N) is 1. The SMILES string of the molecule is COC1=CC=C2C(=C[NH+]3CCc4cc5c(cc4C3=C2Cc2ccc(C(F)(F)F)cc2)OCO5)C1OCc1ccc(C(C)(C)C)cc1.[Cl-]. The maximum absolute atomic E-state index is 13.4. The van der Waals surface area contributed by atoms with Crippen LogP contribution in [0.15, 0.2) is 101 Å². The van der Waals surface area contributed by atoms with Crippen molar-refractivity contribution in [2.24, 2.45) is 0 Å². The Labute approximate surface area is 279 Å². The average Bonchev–Trinajstić information content (AvgIpc) is 3.49. The first-order chi connectivity index (χ1) is 22.0. The Hall–Kier alpha value is -3.98. The van der Waals surface area contributed by atoms with Gasteiger partial charge in [0.15, 0.2) is 11.5 Å². The molecule has 1 N–H and O–H groups in total. The van der Waals surface area contributed by atoms with Crippen LogP contribution in [-0.4, -0.2) is 26.6 Å². The Morgan fingerprint density at radius 3 is 2.19 bits per heavy atom. The molecular formula is C38H37ClF3NO4. The third-order valence-corrected chi connectivity index (χ3v) is 9.21. The zero-order valence-electron chi connectivity index (χ0n) is 26.8. The number of benzene rings is 3. The van der Waals surface area contributed by atoms with E-state index in [2.05, 4.69) is 57.3 Å². The largest absolute Gasteiger partial charge is 1.00 e. The summed E-state index contributed by atoms with van der Waals surface area (Å²) in [5, 5.41) is 0. The van der Waals surface area contributed by atoms with Gasteiger partial charge in [-0.2, -0.15) is 13.2 Å². The van der Waals surface area contributed by atoms with Gasteiger partial charge in [0.1, 0.15) is 23.8 Å². The molecule has 47 heavy (non-hydrogen) atoms. The van der Waals surface area contributed by atoms with Gasteiger partial charge in [0.05, 0.1) is 25.8 Å². The van der Waals surface area contributed by atoms with Crippen molar-refractivity contribution >= 4 is 5.70 Å². The number of hydrogen-bond acceptors (Lipinski definition) is 4. The third kappa shape index (κ3) is 6.34. The maximum Gasteiger partial charge on any atom is 0.416 e. The molecule has 0 saturated heterocycles. The van der Waals surface area contributed by atoms with E-state index in [9.17, 15) is 13.2 Å². The van der Waals surface area contributed by atoms with Crippen molar-refractivity contribution in [1.29, 1.82) is 0 Å². The van der Waals surface area contributed by atoms with Crippen LogP contribution in [0.25, 0.3) is 5.70 Å². The van der Waals surface area contributed by atoms with E-state index in [0.29, 0.717) is 24.5 Å². The van der Waals surface area contributed by atoms with E-state index in [1.165, 1.54) is 16.0 Å². The average molecular weight is 664 g/mol. The minimum absolute atomic E-state index is 0. The van der Waals surface area contributed by atoms with Gasteiger partial charge in [-0.15, -0.1) is 0 Å². The smallest absolute Gasteiger partial charge is 0.416 e. The van der Waals surface area contributed by atoms with E-state index in [4.69, 9.17) is 18.9 Å². The second kappa shape index (κ2) is 12.6. The number of quaternary nitrogens is 1. The summed E-state index contributed by atoms with van der Waals surface area (Å²) in [5.74, 6) is 2.15. The fourth-order valence-corrected chi connectivity index (χ4v) is 6.71. The first kappa shape index (κ1) is 32.9. The van der Waals surface area contributed by atoms with Gasteiger partial charge < -0.3 is 31.4 Å². The second-order valence-electron chi connectivity index (χ2n) is 13.2. The Kier molecular flexibility index (Phi) is 8.81. The van der Waals surface area contributed by atoms with E-state index in [1.807, 2.05) is 18.2 Å². The summed E-state index contributed by atoms with van der Waals surface area (Å²) in [7, 11) is 1.65. The highest BCUT2D eigenvalue weighted by Gasteiger charge is 2.41. The lowest BCUT2D eigenvalue weighted by atomic mass is 9.79. The summed E-state index contributed by atoms with van der Waals surface area (Å²) in [6.45, 7) is 7.97. The van der Waals surface area contributed by atoms with E-state index in [0.717, 1.165) is 70.0 Å². The van der Waals surface area contributed by atoms with E-state index < -0.39 is 17.8 Å². The van der Waals surface area contributed by atoms with Crippen LogP contribution >= 0.6 is 0 Å². The highest BCUT2D eigenvalue weighted by Crippen LogP contribution is 2.43. The summed E-state index contributed by atoms with van der Waals surface area (Å²) in [6, 6.07) is 18.1. The fourth-order valence-electron chi connectivity index (χ4n) is 6.71. The first-order valence-corrected chi connectivity index (χ1v) is 15.6. The van der Waals surface area contributed by atoms with E-state index in [1.54, 1.807) is 19.2 Å². The lowest BCUT2D eigenvalue weighted by molar-refractivity contribution is -0.771. The van der Waals surface area contributed by atoms with Crippen molar-refractivity contribution < 1.29 is 49.4 Å². The van der Waals surface area contributed by atoms with Crippen LogP contribution in [-0.2, 0) is 40.5 Å². The highest BCUT2D eigenvalue weighted by molar-refractivity contribution is 5.77. The Morgan fingerprint density at radius 2 is 1.53 bits per heavy atom. The van der Waals surface area contributed by atoms with Crippen LogP contribution in [0.4, 0.5) is 13.2 Å². The highest BCUT2D eigenvalue weighted by atomic mass is 35.5. The molecule has 3 aromatic rings. The second-order valence-corrected chi connectivity index (χ2v) is 13.2. The number of halogens is 4. The van der Waals surface area contributed by atoms with Gasteiger partial charge >= 0.3 is 6.18 Å². The minimum Gasteiger partial charge on any atom is -1.00 e. The fraction of sp³-hybridized carbons (Fsp3) is 0.316. The van der Waals surface area contributed by atoms with Crippen LogP contribution in [0, 0.1) is 0 Å². The third-order valence-electron chi connectivity index (χ3n) is 9.21. The number of ether oxygens (including phenoxy) is 4. The van der Waals surface area contributed by atoms with Crippen LogP contribution in [0.5, 0.6) is 11.5 Å². The quantitative estimate of drug-likeness (QED) is 0.432. The molecule has 2 atom stereocenters. The van der Waals surface area contributed by atoms with Crippen LogP contribution < -0.4 is 26.8 Å². The summed E-state index contributed by atoms with van der Waals surface area (Å²) < 4.78 is 64.1. The number of allylic oxidation sites excluding steroid dienone is 3. The van der Waals surface area contributed by atoms with Crippen LogP contribution in [0.1, 0.15) is 54.2 Å². The molecule has 0 saturated carbocycles. The molecule has 5 nitrogen and oxygen atoms in total. The summed E-state index contributed by atoms with van der Waals surface area (Å²) in [5.41, 5.74) is 8.89. The summed E-state index contributed by atoms with van der Waals surface area (Å²) in [4.78, 5) is 1.17. The maximum atomic E-state index is 13.4. The Balaban J connectivity index is 0.00000386. The molecular weight excluding hydrogens is 627 g/mol. The lowest BCUT2D eigenvalue weighted by Crippen LogP contribution is -3.06.